The van der Waals surface area contributed by atoms with Crippen molar-refractivity contribution in [3.63, 3.8) is 0 Å². The van der Waals surface area contributed by atoms with E-state index < -0.39 is 0 Å². The average molecular weight is 495 g/mol. The fourth-order valence-corrected chi connectivity index (χ4v) is 5.27. The number of imide groups is 1. The second-order valence-corrected chi connectivity index (χ2v) is 10.1. The first-order chi connectivity index (χ1) is 17.1. The maximum atomic E-state index is 11.8. The summed E-state index contributed by atoms with van der Waals surface area (Å²) in [7, 11) is 0. The van der Waals surface area contributed by atoms with Gasteiger partial charge in [0.05, 0.1) is 10.6 Å². The molecular formula is C24H30N8O2S. The molecule has 3 fully saturated rings. The Kier molecular flexibility index (Phi) is 7.53. The second kappa shape index (κ2) is 11.1. The number of anilines is 2. The highest BCUT2D eigenvalue weighted by molar-refractivity contribution is 8.18. The van der Waals surface area contributed by atoms with E-state index >= 15 is 0 Å². The summed E-state index contributed by atoms with van der Waals surface area (Å²) in [6.45, 7) is 5.60. The van der Waals surface area contributed by atoms with Crippen LogP contribution in [0.15, 0.2) is 29.6 Å². The minimum absolute atomic E-state index is 0.354. The van der Waals surface area contributed by atoms with Gasteiger partial charge in [-0.05, 0) is 68.5 Å². The van der Waals surface area contributed by atoms with Crippen LogP contribution in [0.5, 0.6) is 0 Å². The van der Waals surface area contributed by atoms with Gasteiger partial charge in [0.2, 0.25) is 11.9 Å². The smallest absolute Gasteiger partial charge is 0.290 e. The maximum Gasteiger partial charge on any atom is 0.290 e. The monoisotopic (exact) mass is 494 g/mol. The van der Waals surface area contributed by atoms with Gasteiger partial charge in [-0.15, -0.1) is 0 Å². The average Bonchev–Trinajstić information content (AvgIpc) is 3.21. The third-order valence-electron chi connectivity index (χ3n) is 6.58. The quantitative estimate of drug-likeness (QED) is 0.556. The molecule has 2 aromatic rings. The number of carbonyl (C=O) groups is 2. The fraction of sp³-hybridized carbons (Fsp3) is 0.500. The highest BCUT2D eigenvalue weighted by atomic mass is 32.2. The minimum atomic E-state index is -0.377. The molecule has 0 bridgehead atoms. The standard InChI is InChI=1S/C24H30N8O2S/c33-21-20(35-24(34)30-21)12-19-4-7-26-23(29-19)32-10-5-17(6-11-32)13-25-14-18-15-27-22(28-16-18)31-8-2-1-3-9-31/h4,7,12,15-17,25H,1-3,5-6,8-11,13-14H2,(H,30,33,34). The van der Waals surface area contributed by atoms with Crippen LogP contribution in [0.3, 0.4) is 0 Å². The number of hydrogen-bond donors (Lipinski definition) is 2. The van der Waals surface area contributed by atoms with Crippen molar-refractivity contribution in [1.29, 1.82) is 0 Å². The molecule has 0 atom stereocenters. The number of nitrogens with zero attached hydrogens (tertiary/aromatic N) is 6. The Morgan fingerprint density at radius 2 is 1.74 bits per heavy atom. The Morgan fingerprint density at radius 3 is 2.46 bits per heavy atom. The lowest BCUT2D eigenvalue weighted by atomic mass is 9.97. The van der Waals surface area contributed by atoms with Crippen LogP contribution in [0.1, 0.15) is 43.4 Å². The summed E-state index contributed by atoms with van der Waals surface area (Å²) in [5.41, 5.74) is 1.73. The number of piperidine rings is 2. The van der Waals surface area contributed by atoms with Gasteiger partial charge in [0.1, 0.15) is 0 Å². The van der Waals surface area contributed by atoms with Crippen LogP contribution in [0, 0.1) is 5.92 Å². The van der Waals surface area contributed by atoms with Gasteiger partial charge in [-0.2, -0.15) is 0 Å². The third kappa shape index (κ3) is 6.15. The molecule has 2 N–H and O–H groups in total. The van der Waals surface area contributed by atoms with Crippen LogP contribution >= 0.6 is 11.8 Å². The van der Waals surface area contributed by atoms with E-state index in [4.69, 9.17) is 0 Å². The van der Waals surface area contributed by atoms with Crippen LogP contribution in [-0.2, 0) is 11.3 Å². The van der Waals surface area contributed by atoms with Gasteiger partial charge in [0, 0.05) is 56.9 Å². The lowest BCUT2D eigenvalue weighted by Crippen LogP contribution is -2.38. The molecule has 0 aliphatic carbocycles. The van der Waals surface area contributed by atoms with E-state index in [0.29, 0.717) is 22.5 Å². The molecule has 5 heterocycles. The molecule has 3 saturated heterocycles. The van der Waals surface area contributed by atoms with E-state index in [-0.39, 0.29) is 11.1 Å². The van der Waals surface area contributed by atoms with Crippen molar-refractivity contribution in [2.75, 3.05) is 42.5 Å². The van der Waals surface area contributed by atoms with Gasteiger partial charge < -0.3 is 15.1 Å². The summed E-state index contributed by atoms with van der Waals surface area (Å²) in [4.78, 5) is 46.1. The molecule has 0 saturated carbocycles. The van der Waals surface area contributed by atoms with E-state index in [2.05, 4.69) is 40.4 Å². The molecule has 5 rings (SSSR count). The number of hydrogen-bond acceptors (Lipinski definition) is 10. The Labute approximate surface area is 209 Å². The largest absolute Gasteiger partial charge is 0.341 e. The topological polar surface area (TPSA) is 116 Å². The Balaban J connectivity index is 1.07. The van der Waals surface area contributed by atoms with E-state index in [1.165, 1.54) is 19.3 Å². The zero-order chi connectivity index (χ0) is 24.0. The first-order valence-electron chi connectivity index (χ1n) is 12.2. The first kappa shape index (κ1) is 23.7. The maximum absolute atomic E-state index is 11.8. The van der Waals surface area contributed by atoms with Crippen molar-refractivity contribution in [3.05, 3.63) is 40.8 Å². The third-order valence-corrected chi connectivity index (χ3v) is 7.39. The summed E-state index contributed by atoms with van der Waals surface area (Å²) >= 11 is 0.894. The van der Waals surface area contributed by atoms with Gasteiger partial charge in [0.25, 0.3) is 11.1 Å². The van der Waals surface area contributed by atoms with Crippen molar-refractivity contribution in [1.82, 2.24) is 30.6 Å². The molecule has 0 spiro atoms. The van der Waals surface area contributed by atoms with E-state index in [9.17, 15) is 9.59 Å². The normalized spacial score (nSPS) is 20.5. The lowest BCUT2D eigenvalue weighted by molar-refractivity contribution is -0.115. The molecule has 0 radical (unpaired) electrons. The van der Waals surface area contributed by atoms with Gasteiger partial charge in [-0.1, -0.05) is 0 Å². The second-order valence-electron chi connectivity index (χ2n) is 9.13. The number of nitrogens with one attached hydrogen (secondary N) is 2. The number of carbonyl (C=O) groups excluding carboxylic acids is 2. The highest BCUT2D eigenvalue weighted by Gasteiger charge is 2.26. The molecule has 2 amide bonds. The predicted molar refractivity (Wildman–Crippen MR) is 136 cm³/mol. The van der Waals surface area contributed by atoms with E-state index in [0.717, 1.165) is 75.4 Å². The van der Waals surface area contributed by atoms with Gasteiger partial charge in [0.15, 0.2) is 0 Å². The summed E-state index contributed by atoms with van der Waals surface area (Å²) < 4.78 is 0. The SMILES string of the molecule is O=C1NC(=O)C(=Cc2ccnc(N3CCC(CNCc4cnc(N5CCCCC5)nc4)CC3)n2)S1. The number of thioether (sulfide) groups is 1. The number of amides is 2. The van der Waals surface area contributed by atoms with Crippen LogP contribution in [-0.4, -0.2) is 63.8 Å². The first-order valence-corrected chi connectivity index (χ1v) is 13.0. The molecule has 35 heavy (non-hydrogen) atoms. The number of rotatable bonds is 7. The summed E-state index contributed by atoms with van der Waals surface area (Å²) in [6.07, 6.45) is 13.1. The minimum Gasteiger partial charge on any atom is -0.341 e. The van der Waals surface area contributed by atoms with Crippen LogP contribution in [0.4, 0.5) is 16.7 Å². The van der Waals surface area contributed by atoms with Crippen molar-refractivity contribution in [2.24, 2.45) is 5.92 Å². The Hall–Kier alpha value is -3.05. The molecule has 0 aromatic carbocycles. The summed E-state index contributed by atoms with van der Waals surface area (Å²) in [5.74, 6) is 1.72. The lowest BCUT2D eigenvalue weighted by Gasteiger charge is -2.32. The molecule has 0 unspecified atom stereocenters. The Bertz CT molecular complexity index is 1080. The van der Waals surface area contributed by atoms with E-state index in [1.54, 1.807) is 18.3 Å². The van der Waals surface area contributed by atoms with Crippen LogP contribution < -0.4 is 20.4 Å². The van der Waals surface area contributed by atoms with Gasteiger partial charge >= 0.3 is 0 Å². The molecule has 11 heteroatoms. The molecule has 184 valence electrons. The molecule has 2 aromatic heterocycles. The zero-order valence-corrected chi connectivity index (χ0v) is 20.5. The van der Waals surface area contributed by atoms with Crippen LogP contribution in [0.25, 0.3) is 6.08 Å². The summed E-state index contributed by atoms with van der Waals surface area (Å²) in [6, 6.07) is 1.74. The Morgan fingerprint density at radius 1 is 1.00 bits per heavy atom. The molecule has 10 nitrogen and oxygen atoms in total. The van der Waals surface area contributed by atoms with Crippen molar-refractivity contribution in [3.8, 4) is 0 Å². The van der Waals surface area contributed by atoms with Gasteiger partial charge in [-0.25, -0.2) is 19.9 Å². The zero-order valence-electron chi connectivity index (χ0n) is 19.7. The highest BCUT2D eigenvalue weighted by Crippen LogP contribution is 2.26. The van der Waals surface area contributed by atoms with Crippen molar-refractivity contribution < 1.29 is 9.59 Å². The van der Waals surface area contributed by atoms with Crippen molar-refractivity contribution >= 4 is 40.9 Å². The van der Waals surface area contributed by atoms with Crippen LogP contribution in [0.2, 0.25) is 0 Å². The molecule has 3 aliphatic heterocycles. The van der Waals surface area contributed by atoms with E-state index in [1.807, 2.05) is 12.4 Å². The molecular weight excluding hydrogens is 464 g/mol. The van der Waals surface area contributed by atoms with Gasteiger partial charge in [-0.3, -0.25) is 14.9 Å². The fourth-order valence-electron chi connectivity index (χ4n) is 4.60. The summed E-state index contributed by atoms with van der Waals surface area (Å²) in [5, 5.41) is 5.47. The molecule has 3 aliphatic rings. The van der Waals surface area contributed by atoms with Crippen molar-refractivity contribution in [2.45, 2.75) is 38.6 Å². The predicted octanol–water partition coefficient (Wildman–Crippen LogP) is 2.59. The number of aromatic nitrogens is 4.